The van der Waals surface area contributed by atoms with Crippen molar-refractivity contribution >= 4 is 16.9 Å². The third kappa shape index (κ3) is 2.14. The van der Waals surface area contributed by atoms with Gasteiger partial charge in [0.25, 0.3) is 0 Å². The molecular weight excluding hydrogens is 223 g/mol. The summed E-state index contributed by atoms with van der Waals surface area (Å²) >= 11 is 0. The third-order valence-electron chi connectivity index (χ3n) is 2.58. The highest BCUT2D eigenvalue weighted by atomic mass is 19.1. The highest BCUT2D eigenvalue weighted by molar-refractivity contribution is 5.93. The minimum Gasteiger partial charge on any atom is -0.396 e. The number of benzene rings is 1. The lowest BCUT2D eigenvalue weighted by molar-refractivity contribution is 0.251. The van der Waals surface area contributed by atoms with Crippen molar-refractivity contribution in [3.8, 4) is 0 Å². The van der Waals surface area contributed by atoms with Crippen LogP contribution in [0, 0.1) is 12.2 Å². The average molecular weight is 235 g/mol. The van der Waals surface area contributed by atoms with Crippen LogP contribution in [0.1, 0.15) is 5.56 Å². The zero-order valence-electron chi connectivity index (χ0n) is 9.06. The maximum atomic E-state index is 13.2. The van der Waals surface area contributed by atoms with Crippen molar-refractivity contribution in [3.05, 3.63) is 42.2 Å². The minimum absolute atomic E-state index is 0.0709. The van der Waals surface area contributed by atoms with Crippen molar-refractivity contribution in [1.29, 1.82) is 0 Å². The number of fused-ring (bicyclic) bond motifs is 1. The third-order valence-corrected chi connectivity index (χ3v) is 2.58. The van der Waals surface area contributed by atoms with E-state index in [9.17, 15) is 9.18 Å². The lowest BCUT2D eigenvalue weighted by Gasteiger charge is -1.98. The molecule has 0 spiro atoms. The van der Waals surface area contributed by atoms with E-state index in [0.29, 0.717) is 17.3 Å². The van der Waals surface area contributed by atoms with Crippen LogP contribution < -0.4 is 5.73 Å². The number of amides is 1. The highest BCUT2D eigenvalue weighted by Crippen LogP contribution is 2.23. The number of aliphatic hydroxyl groups is 1. The largest absolute Gasteiger partial charge is 0.396 e. The van der Waals surface area contributed by atoms with Crippen molar-refractivity contribution in [2.24, 2.45) is 5.73 Å². The second kappa shape index (κ2) is 4.55. The number of nitrogens with zero attached hydrogens (tertiary/aromatic N) is 1. The number of hydrogen-bond acceptors (Lipinski definition) is 2. The molecule has 0 aliphatic carbocycles. The quantitative estimate of drug-likeness (QED) is 0.845. The van der Waals surface area contributed by atoms with Crippen LogP contribution in [0.3, 0.4) is 0 Å². The SMILES string of the molecule is NC(=O)n1cc(C[CH]CO)c2cc(F)ccc21. The molecule has 1 aromatic heterocycles. The molecule has 1 aromatic carbocycles. The molecule has 0 aliphatic heterocycles. The van der Waals surface area contributed by atoms with E-state index in [-0.39, 0.29) is 12.4 Å². The molecule has 5 heteroatoms. The topological polar surface area (TPSA) is 68.2 Å². The van der Waals surface area contributed by atoms with Crippen LogP contribution in [-0.4, -0.2) is 22.3 Å². The number of aliphatic hydroxyl groups excluding tert-OH is 1. The molecule has 0 fully saturated rings. The van der Waals surface area contributed by atoms with Crippen LogP contribution in [0.15, 0.2) is 24.4 Å². The number of nitrogens with two attached hydrogens (primary N) is 1. The molecule has 1 radical (unpaired) electrons. The van der Waals surface area contributed by atoms with Crippen LogP contribution >= 0.6 is 0 Å². The Balaban J connectivity index is 2.58. The van der Waals surface area contributed by atoms with Crippen molar-refractivity contribution in [2.45, 2.75) is 6.42 Å². The fraction of sp³-hybridized carbons (Fsp3) is 0.167. The van der Waals surface area contributed by atoms with Gasteiger partial charge in [-0.05, 0) is 36.6 Å². The Kier molecular flexibility index (Phi) is 3.10. The molecular formula is C12H12FN2O2. The average Bonchev–Trinajstić information content (AvgIpc) is 2.64. The first-order valence-corrected chi connectivity index (χ1v) is 5.15. The van der Waals surface area contributed by atoms with E-state index in [1.54, 1.807) is 12.6 Å². The van der Waals surface area contributed by atoms with Gasteiger partial charge in [0.1, 0.15) is 5.82 Å². The molecule has 1 heterocycles. The summed E-state index contributed by atoms with van der Waals surface area (Å²) in [6.07, 6.45) is 3.65. The molecule has 2 aromatic rings. The molecule has 0 saturated carbocycles. The molecule has 0 unspecified atom stereocenters. The van der Waals surface area contributed by atoms with E-state index >= 15 is 0 Å². The van der Waals surface area contributed by atoms with E-state index in [1.165, 1.54) is 22.8 Å². The smallest absolute Gasteiger partial charge is 0.323 e. The summed E-state index contributed by atoms with van der Waals surface area (Å²) in [6.45, 7) is -0.0709. The molecule has 1 amide bonds. The van der Waals surface area contributed by atoms with Gasteiger partial charge >= 0.3 is 6.03 Å². The molecule has 3 N–H and O–H groups in total. The molecule has 0 bridgehead atoms. The zero-order valence-corrected chi connectivity index (χ0v) is 9.06. The van der Waals surface area contributed by atoms with Gasteiger partial charge in [-0.1, -0.05) is 0 Å². The Morgan fingerprint density at radius 3 is 2.94 bits per heavy atom. The van der Waals surface area contributed by atoms with E-state index in [4.69, 9.17) is 10.8 Å². The first-order chi connectivity index (χ1) is 8.13. The summed E-state index contributed by atoms with van der Waals surface area (Å²) < 4.78 is 14.4. The van der Waals surface area contributed by atoms with Crippen LogP contribution in [0.5, 0.6) is 0 Å². The molecule has 17 heavy (non-hydrogen) atoms. The predicted molar refractivity (Wildman–Crippen MR) is 62.0 cm³/mol. The van der Waals surface area contributed by atoms with Crippen LogP contribution in [0.2, 0.25) is 0 Å². The standard InChI is InChI=1S/C12H12FN2O2/c13-9-3-4-11-10(6-9)8(2-1-5-16)7-15(11)12(14)17/h1,3-4,6-7,16H,2,5H2,(H2,14,17). The Labute approximate surface area is 97.5 Å². The van der Waals surface area contributed by atoms with Gasteiger partial charge in [0.15, 0.2) is 0 Å². The first kappa shape index (κ1) is 11.6. The molecule has 89 valence electrons. The summed E-state index contributed by atoms with van der Waals surface area (Å²) in [4.78, 5) is 11.2. The lowest BCUT2D eigenvalue weighted by Crippen LogP contribution is -2.18. The Morgan fingerprint density at radius 2 is 2.29 bits per heavy atom. The summed E-state index contributed by atoms with van der Waals surface area (Å²) in [5.74, 6) is -0.370. The number of carbonyl (C=O) groups excluding carboxylic acids is 1. The summed E-state index contributed by atoms with van der Waals surface area (Å²) in [5, 5.41) is 9.38. The number of aromatic nitrogens is 1. The van der Waals surface area contributed by atoms with Gasteiger partial charge in [-0.3, -0.25) is 4.57 Å². The van der Waals surface area contributed by atoms with Crippen molar-refractivity contribution < 1.29 is 14.3 Å². The maximum absolute atomic E-state index is 13.2. The van der Waals surface area contributed by atoms with Crippen molar-refractivity contribution in [3.63, 3.8) is 0 Å². The second-order valence-electron chi connectivity index (χ2n) is 3.70. The summed E-state index contributed by atoms with van der Waals surface area (Å²) in [7, 11) is 0. The van der Waals surface area contributed by atoms with Gasteiger partial charge in [0.05, 0.1) is 5.52 Å². The van der Waals surface area contributed by atoms with E-state index in [0.717, 1.165) is 5.56 Å². The number of rotatable bonds is 3. The van der Waals surface area contributed by atoms with Gasteiger partial charge in [-0.15, -0.1) is 0 Å². The van der Waals surface area contributed by atoms with Gasteiger partial charge in [0.2, 0.25) is 0 Å². The Morgan fingerprint density at radius 1 is 1.53 bits per heavy atom. The normalized spacial score (nSPS) is 10.9. The number of carbonyl (C=O) groups is 1. The van der Waals surface area contributed by atoms with E-state index in [2.05, 4.69) is 0 Å². The van der Waals surface area contributed by atoms with Gasteiger partial charge < -0.3 is 10.8 Å². The highest BCUT2D eigenvalue weighted by Gasteiger charge is 2.11. The molecule has 4 nitrogen and oxygen atoms in total. The zero-order chi connectivity index (χ0) is 12.4. The number of primary amides is 1. The molecule has 0 atom stereocenters. The molecule has 0 saturated heterocycles. The Bertz CT molecular complexity index is 563. The van der Waals surface area contributed by atoms with Crippen molar-refractivity contribution in [2.75, 3.05) is 6.61 Å². The first-order valence-electron chi connectivity index (χ1n) is 5.15. The number of halogens is 1. The monoisotopic (exact) mass is 235 g/mol. The van der Waals surface area contributed by atoms with E-state index < -0.39 is 6.03 Å². The lowest BCUT2D eigenvalue weighted by atomic mass is 10.1. The summed E-state index contributed by atoms with van der Waals surface area (Å²) in [5.41, 5.74) is 6.56. The van der Waals surface area contributed by atoms with Gasteiger partial charge in [0, 0.05) is 18.2 Å². The minimum atomic E-state index is -0.614. The van der Waals surface area contributed by atoms with Gasteiger partial charge in [-0.25, -0.2) is 9.18 Å². The number of hydrogen-bond donors (Lipinski definition) is 2. The van der Waals surface area contributed by atoms with Crippen LogP contribution in [-0.2, 0) is 6.42 Å². The van der Waals surface area contributed by atoms with Crippen molar-refractivity contribution in [1.82, 2.24) is 4.57 Å². The second-order valence-corrected chi connectivity index (χ2v) is 3.70. The fourth-order valence-electron chi connectivity index (χ4n) is 1.84. The maximum Gasteiger partial charge on any atom is 0.323 e. The van der Waals surface area contributed by atoms with Crippen LogP contribution in [0.25, 0.3) is 10.9 Å². The van der Waals surface area contributed by atoms with Gasteiger partial charge in [-0.2, -0.15) is 0 Å². The van der Waals surface area contributed by atoms with E-state index in [1.807, 2.05) is 0 Å². The summed E-state index contributed by atoms with van der Waals surface area (Å²) in [6, 6.07) is 3.53. The molecule has 0 aliphatic rings. The fourth-order valence-corrected chi connectivity index (χ4v) is 1.84. The predicted octanol–water partition coefficient (Wildman–Crippen LogP) is 1.45. The Hall–Kier alpha value is -1.88. The molecule has 2 rings (SSSR count). The van der Waals surface area contributed by atoms with Crippen LogP contribution in [0.4, 0.5) is 9.18 Å².